The summed E-state index contributed by atoms with van der Waals surface area (Å²) in [6.07, 6.45) is 1.88. The van der Waals surface area contributed by atoms with Crippen molar-refractivity contribution < 1.29 is 9.21 Å². The maximum atomic E-state index is 12.8. The molecule has 0 aliphatic carbocycles. The van der Waals surface area contributed by atoms with Gasteiger partial charge in [-0.3, -0.25) is 9.69 Å². The number of hydrogen-bond acceptors (Lipinski definition) is 6. The van der Waals surface area contributed by atoms with Gasteiger partial charge in [0.2, 0.25) is 0 Å². The zero-order chi connectivity index (χ0) is 27.9. The summed E-state index contributed by atoms with van der Waals surface area (Å²) in [5.74, 6) is 1.52. The summed E-state index contributed by atoms with van der Waals surface area (Å²) in [5.41, 5.74) is 5.54. The zero-order valence-electron chi connectivity index (χ0n) is 22.8. The molecule has 1 amide bonds. The molecular weight excluding hydrogens is 528 g/mol. The number of benzene rings is 3. The lowest BCUT2D eigenvalue weighted by Crippen LogP contribution is -2.44. The van der Waals surface area contributed by atoms with Gasteiger partial charge in [0.05, 0.1) is 11.4 Å². The molecule has 0 radical (unpaired) electrons. The van der Waals surface area contributed by atoms with Gasteiger partial charge in [0.1, 0.15) is 10.8 Å². The normalized spacial score (nSPS) is 14.1. The maximum Gasteiger partial charge on any atom is 0.287 e. The molecule has 1 aliphatic heterocycles. The number of aromatic nitrogens is 2. The number of carbonyl (C=O) groups excluding carboxylic acids is 1. The average Bonchev–Trinajstić information content (AvgIpc) is 3.52. The van der Waals surface area contributed by atoms with Crippen LogP contribution in [0.1, 0.15) is 34.7 Å². The summed E-state index contributed by atoms with van der Waals surface area (Å²) < 4.78 is 5.86. The van der Waals surface area contributed by atoms with E-state index in [1.807, 2.05) is 42.5 Å². The van der Waals surface area contributed by atoms with Gasteiger partial charge in [-0.1, -0.05) is 96.7 Å². The van der Waals surface area contributed by atoms with E-state index < -0.39 is 0 Å². The van der Waals surface area contributed by atoms with Crippen molar-refractivity contribution in [1.29, 1.82) is 0 Å². The van der Waals surface area contributed by atoms with Crippen molar-refractivity contribution in [2.75, 3.05) is 13.1 Å². The lowest BCUT2D eigenvalue weighted by molar-refractivity contribution is 0.0879. The molecule has 1 saturated heterocycles. The summed E-state index contributed by atoms with van der Waals surface area (Å²) in [6, 6.07) is 36.9. The number of furan rings is 1. The predicted molar refractivity (Wildman–Crippen MR) is 163 cm³/mol. The van der Waals surface area contributed by atoms with Crippen LogP contribution in [0.4, 0.5) is 0 Å². The Balaban J connectivity index is 0.964. The number of piperidine rings is 1. The van der Waals surface area contributed by atoms with Crippen molar-refractivity contribution >= 4 is 17.7 Å². The molecule has 3 heterocycles. The lowest BCUT2D eigenvalue weighted by Gasteiger charge is -2.32. The molecule has 0 unspecified atom stereocenters. The Morgan fingerprint density at radius 2 is 1.46 bits per heavy atom. The first-order valence-electron chi connectivity index (χ1n) is 14.0. The number of nitrogens with zero attached hydrogens (tertiary/aromatic N) is 3. The van der Waals surface area contributed by atoms with Crippen molar-refractivity contribution in [2.24, 2.45) is 0 Å². The van der Waals surface area contributed by atoms with Gasteiger partial charge in [0, 0.05) is 31.2 Å². The van der Waals surface area contributed by atoms with Gasteiger partial charge in [-0.25, -0.2) is 0 Å². The van der Waals surface area contributed by atoms with Gasteiger partial charge < -0.3 is 9.73 Å². The Hall–Kier alpha value is -4.20. The molecule has 3 aromatic carbocycles. The van der Waals surface area contributed by atoms with Crippen LogP contribution in [0.5, 0.6) is 0 Å². The smallest absolute Gasteiger partial charge is 0.287 e. The third-order valence-electron chi connectivity index (χ3n) is 7.35. The highest BCUT2D eigenvalue weighted by atomic mass is 32.2. The summed E-state index contributed by atoms with van der Waals surface area (Å²) in [7, 11) is 0. The molecule has 5 aromatic rings. The van der Waals surface area contributed by atoms with E-state index in [9.17, 15) is 4.79 Å². The SMILES string of the molecule is O=C(NC1CCN(Cc2ccccc2)CC1)c1ccc(CSc2ccc(-c3ccc(-c4ccccc4)cc3)nn2)o1. The second-order valence-corrected chi connectivity index (χ2v) is 11.3. The van der Waals surface area contributed by atoms with Crippen molar-refractivity contribution in [1.82, 2.24) is 20.4 Å². The van der Waals surface area contributed by atoms with E-state index in [0.29, 0.717) is 11.5 Å². The van der Waals surface area contributed by atoms with Crippen LogP contribution in [0.25, 0.3) is 22.4 Å². The number of amides is 1. The molecule has 1 aliphatic rings. The Morgan fingerprint density at radius 1 is 0.780 bits per heavy atom. The Morgan fingerprint density at radius 3 is 2.17 bits per heavy atom. The molecule has 2 aromatic heterocycles. The second kappa shape index (κ2) is 13.0. The van der Waals surface area contributed by atoms with Crippen LogP contribution in [0.3, 0.4) is 0 Å². The number of carbonyl (C=O) groups is 1. The molecule has 1 N–H and O–H groups in total. The van der Waals surface area contributed by atoms with E-state index in [4.69, 9.17) is 4.42 Å². The van der Waals surface area contributed by atoms with Gasteiger partial charge >= 0.3 is 0 Å². The van der Waals surface area contributed by atoms with E-state index >= 15 is 0 Å². The minimum atomic E-state index is -0.148. The Labute approximate surface area is 244 Å². The molecule has 6 nitrogen and oxygen atoms in total. The monoisotopic (exact) mass is 560 g/mol. The third-order valence-corrected chi connectivity index (χ3v) is 8.29. The number of thioether (sulfide) groups is 1. The first-order chi connectivity index (χ1) is 20.2. The maximum absolute atomic E-state index is 12.8. The number of rotatable bonds is 9. The number of likely N-dealkylation sites (tertiary alicyclic amines) is 1. The van der Waals surface area contributed by atoms with Crippen LogP contribution in [-0.4, -0.2) is 40.1 Å². The van der Waals surface area contributed by atoms with Gasteiger partial charge in [-0.2, -0.15) is 0 Å². The molecule has 0 spiro atoms. The van der Waals surface area contributed by atoms with Crippen molar-refractivity contribution in [3.05, 3.63) is 126 Å². The average molecular weight is 561 g/mol. The fourth-order valence-corrected chi connectivity index (χ4v) is 5.78. The summed E-state index contributed by atoms with van der Waals surface area (Å²) in [6.45, 7) is 2.90. The molecule has 41 heavy (non-hydrogen) atoms. The molecule has 1 fully saturated rings. The van der Waals surface area contributed by atoms with E-state index in [1.54, 1.807) is 6.07 Å². The van der Waals surface area contributed by atoms with Crippen LogP contribution in [0, 0.1) is 0 Å². The zero-order valence-corrected chi connectivity index (χ0v) is 23.6. The lowest BCUT2D eigenvalue weighted by atomic mass is 10.0. The summed E-state index contributed by atoms with van der Waals surface area (Å²) >= 11 is 1.53. The van der Waals surface area contributed by atoms with Crippen molar-refractivity contribution in [3.8, 4) is 22.4 Å². The minimum Gasteiger partial charge on any atom is -0.455 e. The largest absolute Gasteiger partial charge is 0.455 e. The van der Waals surface area contributed by atoms with Crippen LogP contribution < -0.4 is 5.32 Å². The molecular formula is C34H32N4O2S. The van der Waals surface area contributed by atoms with Crippen LogP contribution in [0.2, 0.25) is 0 Å². The van der Waals surface area contributed by atoms with Gasteiger partial charge in [-0.15, -0.1) is 10.2 Å². The molecule has 6 rings (SSSR count). The fraction of sp³-hybridized carbons (Fsp3) is 0.206. The topological polar surface area (TPSA) is 71.3 Å². The minimum absolute atomic E-state index is 0.148. The molecule has 0 atom stereocenters. The summed E-state index contributed by atoms with van der Waals surface area (Å²) in [4.78, 5) is 15.2. The highest BCUT2D eigenvalue weighted by Gasteiger charge is 2.22. The van der Waals surface area contributed by atoms with Gasteiger partial charge in [-0.05, 0) is 53.8 Å². The van der Waals surface area contributed by atoms with E-state index in [-0.39, 0.29) is 11.9 Å². The molecule has 7 heteroatoms. The van der Waals surface area contributed by atoms with E-state index in [2.05, 4.69) is 81.1 Å². The quantitative estimate of drug-likeness (QED) is 0.194. The van der Waals surface area contributed by atoms with E-state index in [0.717, 1.165) is 54.5 Å². The summed E-state index contributed by atoms with van der Waals surface area (Å²) in [5, 5.41) is 12.8. The standard InChI is InChI=1S/C34H32N4O2S/c39-34(35-29-19-21-38(22-20-29)23-25-7-3-1-4-8-25)32-17-15-30(40-32)24-41-33-18-16-31(36-37-33)28-13-11-27(12-14-28)26-9-5-2-6-10-26/h1-18,29H,19-24H2,(H,35,39). The first-order valence-corrected chi connectivity index (χ1v) is 15.0. The second-order valence-electron chi connectivity index (χ2n) is 10.3. The van der Waals surface area contributed by atoms with Crippen LogP contribution >= 0.6 is 11.8 Å². The van der Waals surface area contributed by atoms with Gasteiger partial charge in [0.15, 0.2) is 5.76 Å². The molecule has 206 valence electrons. The van der Waals surface area contributed by atoms with Crippen molar-refractivity contribution in [2.45, 2.75) is 36.2 Å². The fourth-order valence-electron chi connectivity index (χ4n) is 5.07. The Kier molecular flexibility index (Phi) is 8.54. The molecule has 0 saturated carbocycles. The predicted octanol–water partition coefficient (Wildman–Crippen LogP) is 7.09. The van der Waals surface area contributed by atoms with Crippen LogP contribution in [0.15, 0.2) is 119 Å². The third kappa shape index (κ3) is 7.12. The number of hydrogen-bond donors (Lipinski definition) is 1. The Bertz CT molecular complexity index is 1550. The van der Waals surface area contributed by atoms with Crippen LogP contribution in [-0.2, 0) is 12.3 Å². The van der Waals surface area contributed by atoms with E-state index in [1.165, 1.54) is 28.5 Å². The molecule has 0 bridgehead atoms. The van der Waals surface area contributed by atoms with Crippen molar-refractivity contribution in [3.63, 3.8) is 0 Å². The highest BCUT2D eigenvalue weighted by Crippen LogP contribution is 2.26. The first kappa shape index (κ1) is 27.0. The number of nitrogens with one attached hydrogen (secondary N) is 1. The highest BCUT2D eigenvalue weighted by molar-refractivity contribution is 7.98. The van der Waals surface area contributed by atoms with Gasteiger partial charge in [0.25, 0.3) is 5.91 Å².